The second-order valence-corrected chi connectivity index (χ2v) is 8.03. The predicted molar refractivity (Wildman–Crippen MR) is 108 cm³/mol. The van der Waals surface area contributed by atoms with Crippen molar-refractivity contribution in [2.45, 2.75) is 13.0 Å². The number of para-hydroxylation sites is 1. The molecule has 0 aliphatic carbocycles. The van der Waals surface area contributed by atoms with Crippen LogP contribution in [-0.2, 0) is 17.8 Å². The van der Waals surface area contributed by atoms with Crippen LogP contribution in [0.5, 0.6) is 0 Å². The Morgan fingerprint density at radius 1 is 1.08 bits per heavy atom. The van der Waals surface area contributed by atoms with Crippen LogP contribution in [0.2, 0.25) is 5.02 Å². The molecular formula is C19H14ClN3OS2. The fraction of sp³-hybridized carbons (Fsp3) is 0.105. The molecule has 4 nitrogen and oxygen atoms in total. The van der Waals surface area contributed by atoms with Crippen molar-refractivity contribution in [2.75, 3.05) is 0 Å². The summed E-state index contributed by atoms with van der Waals surface area (Å²) in [5.74, 6) is -0.0692. The van der Waals surface area contributed by atoms with Crippen molar-refractivity contribution in [2.24, 2.45) is 0 Å². The number of amides is 1. The number of rotatable bonds is 5. The van der Waals surface area contributed by atoms with Gasteiger partial charge in [0.1, 0.15) is 10.0 Å². The van der Waals surface area contributed by atoms with Crippen molar-refractivity contribution in [1.82, 2.24) is 15.3 Å². The summed E-state index contributed by atoms with van der Waals surface area (Å²) in [6.07, 6.45) is 0.242. The molecule has 130 valence electrons. The molecular weight excluding hydrogens is 386 g/mol. The van der Waals surface area contributed by atoms with Crippen molar-refractivity contribution in [1.29, 1.82) is 0 Å². The molecule has 0 saturated carbocycles. The molecule has 7 heteroatoms. The Balaban J connectivity index is 1.38. The van der Waals surface area contributed by atoms with Gasteiger partial charge >= 0.3 is 0 Å². The van der Waals surface area contributed by atoms with Crippen LogP contribution < -0.4 is 5.32 Å². The molecule has 2 aromatic heterocycles. The average molecular weight is 400 g/mol. The van der Waals surface area contributed by atoms with Gasteiger partial charge in [-0.2, -0.15) is 0 Å². The normalized spacial score (nSPS) is 11.0. The lowest BCUT2D eigenvalue weighted by Crippen LogP contribution is -2.24. The summed E-state index contributed by atoms with van der Waals surface area (Å²) in [4.78, 5) is 21.3. The van der Waals surface area contributed by atoms with Crippen molar-refractivity contribution >= 4 is 50.4 Å². The number of fused-ring (bicyclic) bond motifs is 1. The van der Waals surface area contributed by atoms with Gasteiger partial charge in [-0.25, -0.2) is 9.97 Å². The highest BCUT2D eigenvalue weighted by Gasteiger charge is 2.11. The Kier molecular flexibility index (Phi) is 4.97. The molecule has 0 saturated heterocycles. The highest BCUT2D eigenvalue weighted by Crippen LogP contribution is 2.30. The fourth-order valence-corrected chi connectivity index (χ4v) is 4.59. The molecule has 1 amide bonds. The van der Waals surface area contributed by atoms with E-state index in [9.17, 15) is 4.79 Å². The maximum Gasteiger partial charge on any atom is 0.226 e. The lowest BCUT2D eigenvalue weighted by atomic mass is 10.2. The van der Waals surface area contributed by atoms with Crippen molar-refractivity contribution in [3.05, 3.63) is 69.6 Å². The van der Waals surface area contributed by atoms with Crippen LogP contribution in [0.3, 0.4) is 0 Å². The lowest BCUT2D eigenvalue weighted by molar-refractivity contribution is -0.120. The zero-order chi connectivity index (χ0) is 17.9. The number of aromatic nitrogens is 2. The van der Waals surface area contributed by atoms with Crippen LogP contribution in [0.15, 0.2) is 53.9 Å². The quantitative estimate of drug-likeness (QED) is 0.517. The topological polar surface area (TPSA) is 54.9 Å². The average Bonchev–Trinajstić information content (AvgIpc) is 3.27. The van der Waals surface area contributed by atoms with E-state index in [2.05, 4.69) is 15.3 Å². The van der Waals surface area contributed by atoms with Crippen LogP contribution in [0.25, 0.3) is 20.8 Å². The van der Waals surface area contributed by atoms with Gasteiger partial charge in [-0.1, -0.05) is 41.9 Å². The number of benzene rings is 2. The summed E-state index contributed by atoms with van der Waals surface area (Å²) in [6, 6.07) is 15.5. The molecule has 0 aliphatic heterocycles. The number of hydrogen-bond donors (Lipinski definition) is 1. The molecule has 2 heterocycles. The van der Waals surface area contributed by atoms with Gasteiger partial charge in [0.2, 0.25) is 5.91 Å². The number of halogens is 1. The third-order valence-electron chi connectivity index (χ3n) is 3.77. The van der Waals surface area contributed by atoms with Crippen LogP contribution in [0, 0.1) is 0 Å². The zero-order valence-corrected chi connectivity index (χ0v) is 16.0. The summed E-state index contributed by atoms with van der Waals surface area (Å²) in [6.45, 7) is 0.430. The number of nitrogens with zero attached hydrogens (tertiary/aromatic N) is 2. The monoisotopic (exact) mass is 399 g/mol. The first-order valence-electron chi connectivity index (χ1n) is 7.99. The number of thiazole rings is 2. The first-order valence-corrected chi connectivity index (χ1v) is 10.1. The molecule has 26 heavy (non-hydrogen) atoms. The summed E-state index contributed by atoms with van der Waals surface area (Å²) in [5.41, 5.74) is 2.60. The predicted octanol–water partition coefficient (Wildman–Crippen LogP) is 4.93. The summed E-state index contributed by atoms with van der Waals surface area (Å²) < 4.78 is 1.13. The Morgan fingerprint density at radius 3 is 2.73 bits per heavy atom. The largest absolute Gasteiger partial charge is 0.349 e. The zero-order valence-electron chi connectivity index (χ0n) is 13.6. The van der Waals surface area contributed by atoms with E-state index in [4.69, 9.17) is 11.6 Å². The molecule has 4 rings (SSSR count). The summed E-state index contributed by atoms with van der Waals surface area (Å²) in [7, 11) is 0. The van der Waals surface area contributed by atoms with E-state index in [1.54, 1.807) is 11.3 Å². The summed E-state index contributed by atoms with van der Waals surface area (Å²) >= 11 is 9.29. The van der Waals surface area contributed by atoms with E-state index >= 15 is 0 Å². The SMILES string of the molecule is O=C(Cc1csc(-c2ccccc2Cl)n1)NCc1nc2ccccc2s1. The van der Waals surface area contributed by atoms with E-state index in [-0.39, 0.29) is 12.3 Å². The van der Waals surface area contributed by atoms with Crippen LogP contribution in [0.4, 0.5) is 0 Å². The van der Waals surface area contributed by atoms with Crippen molar-refractivity contribution in [3.8, 4) is 10.6 Å². The number of hydrogen-bond acceptors (Lipinski definition) is 5. The molecule has 0 bridgehead atoms. The molecule has 2 aromatic carbocycles. The van der Waals surface area contributed by atoms with Gasteiger partial charge < -0.3 is 5.32 Å². The lowest BCUT2D eigenvalue weighted by Gasteiger charge is -2.01. The van der Waals surface area contributed by atoms with Crippen LogP contribution in [0.1, 0.15) is 10.7 Å². The molecule has 0 unspecified atom stereocenters. The molecule has 1 N–H and O–H groups in total. The second-order valence-electron chi connectivity index (χ2n) is 5.65. The van der Waals surface area contributed by atoms with Gasteiger partial charge in [0.05, 0.1) is 33.9 Å². The van der Waals surface area contributed by atoms with Gasteiger partial charge in [-0.3, -0.25) is 4.79 Å². The van der Waals surface area contributed by atoms with Crippen molar-refractivity contribution < 1.29 is 4.79 Å². The number of nitrogens with one attached hydrogen (secondary N) is 1. The second kappa shape index (κ2) is 7.53. The fourth-order valence-electron chi connectivity index (χ4n) is 2.54. The van der Waals surface area contributed by atoms with Gasteiger partial charge in [0, 0.05) is 10.9 Å². The Bertz CT molecular complexity index is 1040. The first kappa shape index (κ1) is 17.1. The highest BCUT2D eigenvalue weighted by molar-refractivity contribution is 7.18. The Labute approximate surface area is 163 Å². The minimum Gasteiger partial charge on any atom is -0.349 e. The molecule has 0 fully saturated rings. The molecule has 0 radical (unpaired) electrons. The standard InChI is InChI=1S/C19H14ClN3OS2/c20-14-6-2-1-5-13(14)19-22-12(11-25-19)9-17(24)21-10-18-23-15-7-3-4-8-16(15)26-18/h1-8,11H,9-10H2,(H,21,24). The minimum absolute atomic E-state index is 0.0692. The van der Waals surface area contributed by atoms with Crippen LogP contribution in [-0.4, -0.2) is 15.9 Å². The van der Waals surface area contributed by atoms with E-state index in [0.29, 0.717) is 11.6 Å². The molecule has 0 aliphatic rings. The Hall–Kier alpha value is -2.28. The first-order chi connectivity index (χ1) is 12.7. The van der Waals surface area contributed by atoms with Gasteiger partial charge in [-0.05, 0) is 18.2 Å². The smallest absolute Gasteiger partial charge is 0.226 e. The third kappa shape index (κ3) is 3.77. The van der Waals surface area contributed by atoms with E-state index in [1.165, 1.54) is 11.3 Å². The Morgan fingerprint density at radius 2 is 1.88 bits per heavy atom. The van der Waals surface area contributed by atoms with Crippen molar-refractivity contribution in [3.63, 3.8) is 0 Å². The third-order valence-corrected chi connectivity index (χ3v) is 6.06. The van der Waals surface area contributed by atoms with E-state index in [1.807, 2.05) is 53.9 Å². The van der Waals surface area contributed by atoms with Crippen LogP contribution >= 0.6 is 34.3 Å². The molecule has 0 spiro atoms. The molecule has 0 atom stereocenters. The maximum absolute atomic E-state index is 12.2. The summed E-state index contributed by atoms with van der Waals surface area (Å²) in [5, 5.41) is 7.20. The van der Waals surface area contributed by atoms with Gasteiger partial charge in [-0.15, -0.1) is 22.7 Å². The highest BCUT2D eigenvalue weighted by atomic mass is 35.5. The molecule has 4 aromatic rings. The van der Waals surface area contributed by atoms with Gasteiger partial charge in [0.15, 0.2) is 0 Å². The number of carbonyl (C=O) groups excluding carboxylic acids is 1. The van der Waals surface area contributed by atoms with E-state index in [0.717, 1.165) is 31.5 Å². The minimum atomic E-state index is -0.0692. The maximum atomic E-state index is 12.2. The van der Waals surface area contributed by atoms with E-state index < -0.39 is 0 Å². The van der Waals surface area contributed by atoms with Gasteiger partial charge in [0.25, 0.3) is 0 Å². The number of carbonyl (C=O) groups is 1.